The molecule has 104 valence electrons. The summed E-state index contributed by atoms with van der Waals surface area (Å²) in [5.74, 6) is -0.835. The van der Waals surface area contributed by atoms with Crippen LogP contribution in [0.2, 0.25) is 0 Å². The maximum Gasteiger partial charge on any atom is 0.327 e. The molecule has 0 aromatic heterocycles. The first-order valence-electron chi connectivity index (χ1n) is 5.98. The number of halogens is 1. The number of benzene rings is 1. The van der Waals surface area contributed by atoms with Crippen LogP contribution < -0.4 is 10.1 Å². The highest BCUT2D eigenvalue weighted by atomic mass is 19.1. The second kappa shape index (κ2) is 7.53. The molecule has 0 radical (unpaired) electrons. The van der Waals surface area contributed by atoms with E-state index >= 15 is 0 Å². The molecule has 1 rings (SSSR count). The average Bonchev–Trinajstić information content (AvgIpc) is 2.39. The van der Waals surface area contributed by atoms with Crippen molar-refractivity contribution < 1.29 is 18.7 Å². The molecule has 0 aliphatic carbocycles. The van der Waals surface area contributed by atoms with E-state index in [1.807, 2.05) is 0 Å². The zero-order valence-electron chi connectivity index (χ0n) is 11.1. The second-order valence-corrected chi connectivity index (χ2v) is 3.78. The van der Waals surface area contributed by atoms with Gasteiger partial charge < -0.3 is 9.47 Å². The van der Waals surface area contributed by atoms with Gasteiger partial charge in [-0.3, -0.25) is 5.32 Å². The molecule has 5 heteroatoms. The maximum atomic E-state index is 13.7. The average molecular weight is 267 g/mol. The fourth-order valence-corrected chi connectivity index (χ4v) is 1.63. The van der Waals surface area contributed by atoms with Crippen molar-refractivity contribution in [3.8, 4) is 5.75 Å². The minimum Gasteiger partial charge on any atom is -0.494 e. The first kappa shape index (κ1) is 15.2. The molecule has 0 bridgehead atoms. The molecule has 0 fully saturated rings. The minimum absolute atomic E-state index is 0.134. The Labute approximate surface area is 112 Å². The molecule has 4 nitrogen and oxygen atoms in total. The van der Waals surface area contributed by atoms with Crippen molar-refractivity contribution in [1.29, 1.82) is 0 Å². The third-order valence-corrected chi connectivity index (χ3v) is 2.50. The Hall–Kier alpha value is -1.88. The number of methoxy groups -OCH3 is 1. The highest BCUT2D eigenvalue weighted by Gasteiger charge is 2.22. The lowest BCUT2D eigenvalue weighted by molar-refractivity contribution is -0.145. The van der Waals surface area contributed by atoms with E-state index in [2.05, 4.69) is 11.9 Å². The molecule has 0 saturated carbocycles. The van der Waals surface area contributed by atoms with Crippen LogP contribution in [-0.4, -0.2) is 26.2 Å². The van der Waals surface area contributed by atoms with E-state index in [0.717, 1.165) is 0 Å². The quantitative estimate of drug-likeness (QED) is 0.608. The van der Waals surface area contributed by atoms with E-state index in [0.29, 0.717) is 12.1 Å². The van der Waals surface area contributed by atoms with E-state index in [4.69, 9.17) is 9.47 Å². The lowest BCUT2D eigenvalue weighted by Crippen LogP contribution is -2.30. The summed E-state index contributed by atoms with van der Waals surface area (Å²) >= 11 is 0. The Morgan fingerprint density at radius 1 is 1.58 bits per heavy atom. The number of ether oxygens (including phenoxy) is 2. The summed E-state index contributed by atoms with van der Waals surface area (Å²) < 4.78 is 23.5. The largest absolute Gasteiger partial charge is 0.494 e. The van der Waals surface area contributed by atoms with Crippen molar-refractivity contribution in [3.63, 3.8) is 0 Å². The Bertz CT molecular complexity index is 448. The van der Waals surface area contributed by atoms with Crippen molar-refractivity contribution in [2.75, 3.05) is 20.3 Å². The molecule has 19 heavy (non-hydrogen) atoms. The molecule has 1 N–H and O–H groups in total. The van der Waals surface area contributed by atoms with Gasteiger partial charge in [-0.25, -0.2) is 9.18 Å². The predicted molar refractivity (Wildman–Crippen MR) is 70.5 cm³/mol. The third-order valence-electron chi connectivity index (χ3n) is 2.50. The molecule has 1 unspecified atom stereocenters. The molecule has 1 aromatic carbocycles. The van der Waals surface area contributed by atoms with Crippen LogP contribution in [0.3, 0.4) is 0 Å². The van der Waals surface area contributed by atoms with E-state index < -0.39 is 17.8 Å². The number of hydrogen-bond donors (Lipinski definition) is 1. The van der Waals surface area contributed by atoms with Gasteiger partial charge in [0.25, 0.3) is 0 Å². The smallest absolute Gasteiger partial charge is 0.327 e. The van der Waals surface area contributed by atoms with Gasteiger partial charge in [-0.15, -0.1) is 6.58 Å². The van der Waals surface area contributed by atoms with Crippen LogP contribution >= 0.6 is 0 Å². The number of nitrogens with one attached hydrogen (secondary N) is 1. The van der Waals surface area contributed by atoms with Crippen LogP contribution in [0, 0.1) is 5.82 Å². The third kappa shape index (κ3) is 4.06. The normalized spacial score (nSPS) is 11.7. The van der Waals surface area contributed by atoms with Gasteiger partial charge >= 0.3 is 5.97 Å². The van der Waals surface area contributed by atoms with Crippen LogP contribution in [0.1, 0.15) is 18.5 Å². The molecular weight excluding hydrogens is 249 g/mol. The number of rotatable bonds is 7. The van der Waals surface area contributed by atoms with Gasteiger partial charge in [0.05, 0.1) is 13.7 Å². The zero-order chi connectivity index (χ0) is 14.3. The van der Waals surface area contributed by atoms with Crippen LogP contribution in [0.5, 0.6) is 5.75 Å². The number of hydrogen-bond acceptors (Lipinski definition) is 4. The lowest BCUT2D eigenvalue weighted by atomic mass is 10.1. The molecular formula is C14H18FNO3. The molecule has 0 aliphatic heterocycles. The lowest BCUT2D eigenvalue weighted by Gasteiger charge is -2.17. The molecule has 0 amide bonds. The molecule has 1 aromatic rings. The van der Waals surface area contributed by atoms with Gasteiger partial charge in [-0.1, -0.05) is 12.1 Å². The highest BCUT2D eigenvalue weighted by molar-refractivity contribution is 5.77. The zero-order valence-corrected chi connectivity index (χ0v) is 11.1. The van der Waals surface area contributed by atoms with Crippen LogP contribution in [0.15, 0.2) is 30.9 Å². The first-order valence-corrected chi connectivity index (χ1v) is 5.98. The summed E-state index contributed by atoms with van der Waals surface area (Å²) in [7, 11) is 1.39. The second-order valence-electron chi connectivity index (χ2n) is 3.78. The number of carbonyl (C=O) groups is 1. The van der Waals surface area contributed by atoms with Crippen molar-refractivity contribution in [3.05, 3.63) is 42.2 Å². The van der Waals surface area contributed by atoms with Gasteiger partial charge in [0.1, 0.15) is 6.04 Å². The summed E-state index contributed by atoms with van der Waals surface area (Å²) in [6.45, 7) is 5.97. The van der Waals surface area contributed by atoms with Crippen molar-refractivity contribution in [1.82, 2.24) is 5.32 Å². The van der Waals surface area contributed by atoms with Gasteiger partial charge in [0.15, 0.2) is 11.6 Å². The Balaban J connectivity index is 2.99. The topological polar surface area (TPSA) is 47.6 Å². The minimum atomic E-state index is -0.724. The molecule has 0 heterocycles. The Morgan fingerprint density at radius 2 is 2.32 bits per heavy atom. The standard InChI is InChI=1S/C14H18FNO3/c1-4-8-16-13(14(17)19-5-2)10-6-7-12(18-3)11(15)9-10/h4,6-7,9,13,16H,1,5,8H2,2-3H3. The van der Waals surface area contributed by atoms with Crippen LogP contribution in [-0.2, 0) is 9.53 Å². The summed E-state index contributed by atoms with van der Waals surface area (Å²) in [5.41, 5.74) is 0.485. The van der Waals surface area contributed by atoms with Gasteiger partial charge in [0.2, 0.25) is 0 Å². The monoisotopic (exact) mass is 267 g/mol. The molecule has 0 saturated heterocycles. The molecule has 0 spiro atoms. The van der Waals surface area contributed by atoms with Gasteiger partial charge in [-0.2, -0.15) is 0 Å². The fraction of sp³-hybridized carbons (Fsp3) is 0.357. The van der Waals surface area contributed by atoms with Crippen molar-refractivity contribution >= 4 is 5.97 Å². The van der Waals surface area contributed by atoms with Gasteiger partial charge in [0, 0.05) is 6.54 Å². The summed E-state index contributed by atoms with van der Waals surface area (Å²) in [5, 5.41) is 2.93. The summed E-state index contributed by atoms with van der Waals surface area (Å²) in [4.78, 5) is 11.8. The molecule has 0 aliphatic rings. The summed E-state index contributed by atoms with van der Waals surface area (Å²) in [6, 6.07) is 3.64. The van der Waals surface area contributed by atoms with E-state index in [9.17, 15) is 9.18 Å². The van der Waals surface area contributed by atoms with Crippen molar-refractivity contribution in [2.45, 2.75) is 13.0 Å². The molecule has 1 atom stereocenters. The van der Waals surface area contributed by atoms with Crippen molar-refractivity contribution in [2.24, 2.45) is 0 Å². The summed E-state index contributed by atoms with van der Waals surface area (Å²) in [6.07, 6.45) is 1.62. The fourth-order valence-electron chi connectivity index (χ4n) is 1.63. The Morgan fingerprint density at radius 3 is 2.84 bits per heavy atom. The number of carbonyl (C=O) groups excluding carboxylic acids is 1. The maximum absolute atomic E-state index is 13.7. The van der Waals surface area contributed by atoms with Crippen LogP contribution in [0.4, 0.5) is 4.39 Å². The van der Waals surface area contributed by atoms with Gasteiger partial charge in [-0.05, 0) is 24.6 Å². The Kier molecular flexibility index (Phi) is 6.02. The van der Waals surface area contributed by atoms with Crippen LogP contribution in [0.25, 0.3) is 0 Å². The SMILES string of the molecule is C=CCNC(C(=O)OCC)c1ccc(OC)c(F)c1. The van der Waals surface area contributed by atoms with E-state index in [-0.39, 0.29) is 12.4 Å². The van der Waals surface area contributed by atoms with E-state index in [1.54, 1.807) is 19.1 Å². The highest BCUT2D eigenvalue weighted by Crippen LogP contribution is 2.22. The number of esters is 1. The first-order chi connectivity index (χ1) is 9.13. The van der Waals surface area contributed by atoms with E-state index in [1.165, 1.54) is 19.2 Å². The predicted octanol–water partition coefficient (Wildman–Crippen LogP) is 2.21.